The Labute approximate surface area is 173 Å². The van der Waals surface area contributed by atoms with Gasteiger partial charge in [-0.05, 0) is 47.5 Å². The van der Waals surface area contributed by atoms with Crippen molar-refractivity contribution < 1.29 is 26.7 Å². The zero-order valence-electron chi connectivity index (χ0n) is 15.8. The summed E-state index contributed by atoms with van der Waals surface area (Å²) < 4.78 is 53.7. The normalized spacial score (nSPS) is 11.3. The fraction of sp³-hybridized carbons (Fsp3) is 0.136. The molecule has 8 heteroatoms. The van der Waals surface area contributed by atoms with Crippen LogP contribution in [0.25, 0.3) is 0 Å². The second-order valence-electron chi connectivity index (χ2n) is 6.43. The number of halogens is 2. The number of hydrogen-bond donors (Lipinski definition) is 1. The smallest absolute Gasteiger partial charge is 0.341 e. The summed E-state index contributed by atoms with van der Waals surface area (Å²) in [4.78, 5) is 11.7. The molecule has 3 aromatic rings. The molecule has 0 aliphatic rings. The summed E-state index contributed by atoms with van der Waals surface area (Å²) in [6.07, 6.45) is 0. The number of carbonyl (C=O) groups is 1. The van der Waals surface area contributed by atoms with Crippen LogP contribution in [-0.2, 0) is 23.0 Å². The first-order chi connectivity index (χ1) is 14.4. The van der Waals surface area contributed by atoms with Gasteiger partial charge in [0, 0.05) is 12.1 Å². The molecule has 0 heterocycles. The van der Waals surface area contributed by atoms with Gasteiger partial charge in [-0.2, -0.15) is 8.78 Å². The van der Waals surface area contributed by atoms with Crippen LogP contribution in [0, 0.1) is 0 Å². The molecule has 1 amide bonds. The highest BCUT2D eigenvalue weighted by Gasteiger charge is 2.26. The van der Waals surface area contributed by atoms with E-state index in [2.05, 4.69) is 5.32 Å². The van der Waals surface area contributed by atoms with E-state index in [-0.39, 0.29) is 12.1 Å². The molecule has 156 valence electrons. The van der Waals surface area contributed by atoms with Crippen molar-refractivity contribution in [3.63, 3.8) is 0 Å². The van der Waals surface area contributed by atoms with Crippen LogP contribution >= 0.6 is 0 Å². The van der Waals surface area contributed by atoms with E-state index in [4.69, 9.17) is 4.74 Å². The molecular formula is C22H19F2NO4S. The van der Waals surface area contributed by atoms with Crippen molar-refractivity contribution in [2.24, 2.45) is 0 Å². The summed E-state index contributed by atoms with van der Waals surface area (Å²) in [7, 11) is -4.68. The first-order valence-corrected chi connectivity index (χ1v) is 10.6. The Morgan fingerprint density at radius 2 is 1.57 bits per heavy atom. The topological polar surface area (TPSA) is 72.5 Å². The van der Waals surface area contributed by atoms with Crippen molar-refractivity contribution in [2.45, 2.75) is 23.8 Å². The lowest BCUT2D eigenvalue weighted by atomic mass is 10.1. The van der Waals surface area contributed by atoms with Crippen molar-refractivity contribution in [3.8, 4) is 5.75 Å². The van der Waals surface area contributed by atoms with Crippen LogP contribution in [0.1, 0.15) is 21.5 Å². The van der Waals surface area contributed by atoms with Crippen LogP contribution in [0.4, 0.5) is 8.78 Å². The first-order valence-electron chi connectivity index (χ1n) is 9.02. The number of alkyl halides is 2. The van der Waals surface area contributed by atoms with Gasteiger partial charge in [-0.3, -0.25) is 4.79 Å². The van der Waals surface area contributed by atoms with E-state index in [1.807, 2.05) is 54.6 Å². The van der Waals surface area contributed by atoms with Crippen molar-refractivity contribution >= 4 is 15.7 Å². The van der Waals surface area contributed by atoms with Crippen molar-refractivity contribution in [1.29, 1.82) is 0 Å². The molecule has 1 N–H and O–H groups in total. The molecule has 0 saturated carbocycles. The Morgan fingerprint density at radius 1 is 0.900 bits per heavy atom. The van der Waals surface area contributed by atoms with Gasteiger partial charge in [0.1, 0.15) is 12.4 Å². The largest absolute Gasteiger partial charge is 0.489 e. The Hall–Kier alpha value is -3.26. The van der Waals surface area contributed by atoms with Gasteiger partial charge in [-0.25, -0.2) is 8.42 Å². The number of amides is 1. The number of sulfone groups is 1. The summed E-state index contributed by atoms with van der Waals surface area (Å²) in [5, 5.41) is 2.72. The van der Waals surface area contributed by atoms with Crippen LogP contribution in [0.15, 0.2) is 83.8 Å². The third-order valence-electron chi connectivity index (χ3n) is 4.27. The highest BCUT2D eigenvalue weighted by Crippen LogP contribution is 2.19. The van der Waals surface area contributed by atoms with Crippen molar-refractivity contribution in [1.82, 2.24) is 5.32 Å². The maximum absolute atomic E-state index is 12.6. The maximum atomic E-state index is 12.6. The number of ether oxygens (including phenoxy) is 1. The van der Waals surface area contributed by atoms with Crippen LogP contribution in [0.2, 0.25) is 0 Å². The fourth-order valence-corrected chi connectivity index (χ4v) is 3.42. The monoisotopic (exact) mass is 431 g/mol. The zero-order chi connectivity index (χ0) is 21.6. The Balaban J connectivity index is 1.58. The molecule has 0 atom stereocenters. The lowest BCUT2D eigenvalue weighted by Crippen LogP contribution is -2.23. The lowest BCUT2D eigenvalue weighted by Gasteiger charge is -2.09. The van der Waals surface area contributed by atoms with Crippen LogP contribution < -0.4 is 10.1 Å². The quantitative estimate of drug-likeness (QED) is 0.581. The van der Waals surface area contributed by atoms with Gasteiger partial charge in [0.05, 0.1) is 4.90 Å². The van der Waals surface area contributed by atoms with Gasteiger partial charge < -0.3 is 10.1 Å². The second kappa shape index (κ2) is 9.49. The molecule has 0 bridgehead atoms. The SMILES string of the molecule is O=C(NCc1cccc(COc2ccccc2)c1)c1ccc(S(=O)(=O)C(F)F)cc1. The van der Waals surface area contributed by atoms with Gasteiger partial charge in [0.2, 0.25) is 9.84 Å². The third kappa shape index (κ3) is 5.42. The molecule has 0 spiro atoms. The first kappa shape index (κ1) is 21.4. The van der Waals surface area contributed by atoms with E-state index in [1.165, 1.54) is 12.1 Å². The van der Waals surface area contributed by atoms with Gasteiger partial charge in [-0.15, -0.1) is 0 Å². The number of hydrogen-bond acceptors (Lipinski definition) is 4. The van der Waals surface area contributed by atoms with Crippen molar-refractivity contribution in [3.05, 3.63) is 95.6 Å². The number of nitrogens with one attached hydrogen (secondary N) is 1. The maximum Gasteiger partial charge on any atom is 0.341 e. The van der Waals surface area contributed by atoms with Crippen LogP contribution in [0.3, 0.4) is 0 Å². The predicted octanol–water partition coefficient (Wildman–Crippen LogP) is 4.19. The molecule has 3 aromatic carbocycles. The molecule has 0 fully saturated rings. The second-order valence-corrected chi connectivity index (χ2v) is 8.35. The Bertz CT molecular complexity index is 1100. The minimum atomic E-state index is -4.68. The molecule has 0 aliphatic heterocycles. The zero-order valence-corrected chi connectivity index (χ0v) is 16.6. The van der Waals surface area contributed by atoms with Gasteiger partial charge >= 0.3 is 5.76 Å². The summed E-state index contributed by atoms with van der Waals surface area (Å²) in [5.41, 5.74) is 1.97. The number of carbonyl (C=O) groups excluding carboxylic acids is 1. The minimum Gasteiger partial charge on any atom is -0.489 e. The number of benzene rings is 3. The lowest BCUT2D eigenvalue weighted by molar-refractivity contribution is 0.0951. The van der Waals surface area contributed by atoms with E-state index in [9.17, 15) is 22.0 Å². The molecule has 0 aromatic heterocycles. The molecule has 0 radical (unpaired) electrons. The molecule has 0 saturated heterocycles. The van der Waals surface area contributed by atoms with Crippen molar-refractivity contribution in [2.75, 3.05) is 0 Å². The summed E-state index contributed by atoms with van der Waals surface area (Å²) in [6, 6.07) is 21.3. The molecule has 0 unspecified atom stereocenters. The molecule has 30 heavy (non-hydrogen) atoms. The molecular weight excluding hydrogens is 412 g/mol. The summed E-state index contributed by atoms with van der Waals surface area (Å²) >= 11 is 0. The van der Waals surface area contributed by atoms with Gasteiger partial charge in [0.15, 0.2) is 0 Å². The van der Waals surface area contributed by atoms with E-state index >= 15 is 0 Å². The fourth-order valence-electron chi connectivity index (χ4n) is 2.70. The molecule has 0 aliphatic carbocycles. The minimum absolute atomic E-state index is 0.173. The highest BCUT2D eigenvalue weighted by atomic mass is 32.2. The van der Waals surface area contributed by atoms with E-state index in [1.54, 1.807) is 0 Å². The van der Waals surface area contributed by atoms with Gasteiger partial charge in [-0.1, -0.05) is 42.5 Å². The standard InChI is InChI=1S/C22H19F2NO4S/c23-22(24)30(27,28)20-11-9-18(10-12-20)21(26)25-14-16-5-4-6-17(13-16)15-29-19-7-2-1-3-8-19/h1-13,22H,14-15H2,(H,25,26). The number of rotatable bonds is 8. The summed E-state index contributed by atoms with van der Waals surface area (Å²) in [6.45, 7) is 0.626. The average Bonchev–Trinajstić information content (AvgIpc) is 2.77. The van der Waals surface area contributed by atoms with E-state index in [0.29, 0.717) is 6.61 Å². The van der Waals surface area contributed by atoms with Crippen LogP contribution in [-0.4, -0.2) is 20.1 Å². The number of para-hydroxylation sites is 1. The third-order valence-corrected chi connectivity index (χ3v) is 5.67. The van der Waals surface area contributed by atoms with E-state index in [0.717, 1.165) is 29.0 Å². The Morgan fingerprint density at radius 3 is 2.23 bits per heavy atom. The molecule has 5 nitrogen and oxygen atoms in total. The Kier molecular flexibility index (Phi) is 6.79. The highest BCUT2D eigenvalue weighted by molar-refractivity contribution is 7.91. The predicted molar refractivity (Wildman–Crippen MR) is 108 cm³/mol. The van der Waals surface area contributed by atoms with E-state index < -0.39 is 26.4 Å². The van der Waals surface area contributed by atoms with Gasteiger partial charge in [0.25, 0.3) is 5.91 Å². The summed E-state index contributed by atoms with van der Waals surface area (Å²) in [5.74, 6) is -3.19. The average molecular weight is 431 g/mol. The molecule has 3 rings (SSSR count). The van der Waals surface area contributed by atoms with Crippen LogP contribution in [0.5, 0.6) is 5.75 Å².